The maximum Gasteiger partial charge on any atom is 0.227 e. The molecule has 2 fully saturated rings. The Morgan fingerprint density at radius 3 is 2.49 bits per heavy atom. The van der Waals surface area contributed by atoms with Crippen molar-refractivity contribution in [2.45, 2.75) is 52.0 Å². The fourth-order valence-corrected chi connectivity index (χ4v) is 3.87. The number of anilines is 4. The number of nitriles is 1. The lowest BCUT2D eigenvalue weighted by molar-refractivity contribution is 0.263. The van der Waals surface area contributed by atoms with E-state index in [4.69, 9.17) is 0 Å². The van der Waals surface area contributed by atoms with Gasteiger partial charge in [0.1, 0.15) is 17.7 Å². The van der Waals surface area contributed by atoms with Gasteiger partial charge in [-0.15, -0.1) is 0 Å². The first-order valence-corrected chi connectivity index (χ1v) is 13.2. The zero-order valence-electron chi connectivity index (χ0n) is 22.0. The molecule has 9 nitrogen and oxygen atoms in total. The van der Waals surface area contributed by atoms with E-state index in [1.54, 1.807) is 30.7 Å². The summed E-state index contributed by atoms with van der Waals surface area (Å²) in [7, 11) is 2.16. The minimum absolute atomic E-state index is 0.456. The van der Waals surface area contributed by atoms with Crippen LogP contribution in [0.2, 0.25) is 0 Å². The van der Waals surface area contributed by atoms with Gasteiger partial charge in [0.15, 0.2) is 0 Å². The Labute approximate surface area is 219 Å². The first kappa shape index (κ1) is 26.3. The number of hydrogen-bond donors (Lipinski definition) is 3. The summed E-state index contributed by atoms with van der Waals surface area (Å²) in [5.74, 6) is 3.00. The number of piperidine rings is 1. The van der Waals surface area contributed by atoms with E-state index in [9.17, 15) is 5.26 Å². The third-order valence-electron chi connectivity index (χ3n) is 6.46. The standard InChI is InChI=1S/C24H29N9.C4H8/c1-3-9-26-23-17(14-25)13-18(15-29-23)21-6-10-27-24(32-21)31-20-4-5-22(28-16-20)30-19-7-11-33(2)12-8-19;1-4-2-3-4/h4-6,10,13,15-16,19H,3,7-9,11-12H2,1-2H3,(H,26,29)(H,28,30)(H,27,31,32);4H,2-3H2,1H3. The van der Waals surface area contributed by atoms with Gasteiger partial charge in [-0.2, -0.15) is 5.26 Å². The number of likely N-dealkylation sites (tertiary alicyclic amines) is 1. The largest absolute Gasteiger partial charge is 0.369 e. The van der Waals surface area contributed by atoms with Crippen molar-refractivity contribution in [2.24, 2.45) is 5.92 Å². The van der Waals surface area contributed by atoms with Crippen LogP contribution in [0, 0.1) is 17.2 Å². The molecule has 37 heavy (non-hydrogen) atoms. The fraction of sp³-hybridized carbons (Fsp3) is 0.464. The van der Waals surface area contributed by atoms with Crippen LogP contribution in [0.1, 0.15) is 51.5 Å². The van der Waals surface area contributed by atoms with Crippen molar-refractivity contribution >= 4 is 23.3 Å². The number of rotatable bonds is 8. The first-order chi connectivity index (χ1) is 18.0. The Morgan fingerprint density at radius 2 is 1.84 bits per heavy atom. The number of nitrogens with one attached hydrogen (secondary N) is 3. The fourth-order valence-electron chi connectivity index (χ4n) is 3.87. The van der Waals surface area contributed by atoms with E-state index in [1.807, 2.05) is 12.1 Å². The van der Waals surface area contributed by atoms with Gasteiger partial charge in [-0.05, 0) is 69.6 Å². The van der Waals surface area contributed by atoms with E-state index >= 15 is 0 Å². The van der Waals surface area contributed by atoms with Crippen molar-refractivity contribution < 1.29 is 0 Å². The molecule has 9 heteroatoms. The molecule has 3 N–H and O–H groups in total. The van der Waals surface area contributed by atoms with Crippen LogP contribution in [-0.2, 0) is 0 Å². The molecule has 0 bridgehead atoms. The second-order valence-corrected chi connectivity index (χ2v) is 9.89. The minimum atomic E-state index is 0.456. The van der Waals surface area contributed by atoms with Crippen molar-refractivity contribution in [3.63, 3.8) is 0 Å². The normalized spacial score (nSPS) is 15.7. The molecule has 1 saturated heterocycles. The van der Waals surface area contributed by atoms with E-state index in [-0.39, 0.29) is 0 Å². The summed E-state index contributed by atoms with van der Waals surface area (Å²) in [5.41, 5.74) is 2.74. The molecular weight excluding hydrogens is 462 g/mol. The molecule has 0 radical (unpaired) electrons. The summed E-state index contributed by atoms with van der Waals surface area (Å²) in [4.78, 5) is 20.2. The maximum atomic E-state index is 9.49. The van der Waals surface area contributed by atoms with Gasteiger partial charge in [-0.1, -0.05) is 26.7 Å². The summed E-state index contributed by atoms with van der Waals surface area (Å²) in [5, 5.41) is 19.4. The molecule has 3 aromatic heterocycles. The van der Waals surface area contributed by atoms with Gasteiger partial charge < -0.3 is 20.9 Å². The third-order valence-corrected chi connectivity index (χ3v) is 6.46. The summed E-state index contributed by atoms with van der Waals surface area (Å²) in [6, 6.07) is 10.2. The highest BCUT2D eigenvalue weighted by Crippen LogP contribution is 2.27. The minimum Gasteiger partial charge on any atom is -0.369 e. The van der Waals surface area contributed by atoms with Crippen LogP contribution in [0.3, 0.4) is 0 Å². The Hall–Kier alpha value is -3.77. The molecular formula is C28H37N9. The molecule has 3 aromatic rings. The van der Waals surface area contributed by atoms with Crippen LogP contribution >= 0.6 is 0 Å². The molecule has 0 aromatic carbocycles. The van der Waals surface area contributed by atoms with Crippen molar-refractivity contribution in [2.75, 3.05) is 42.6 Å². The Bertz CT molecular complexity index is 1180. The molecule has 0 unspecified atom stereocenters. The molecule has 5 rings (SSSR count). The summed E-state index contributed by atoms with van der Waals surface area (Å²) in [6.45, 7) is 7.32. The zero-order valence-corrected chi connectivity index (χ0v) is 22.0. The van der Waals surface area contributed by atoms with Crippen LogP contribution in [0.15, 0.2) is 42.9 Å². The SMILES string of the molecule is CC1CC1.CCCNc1ncc(-c2ccnc(Nc3ccc(NC4CCN(C)CC4)nc3)n2)cc1C#N. The van der Waals surface area contributed by atoms with Crippen molar-refractivity contribution in [1.82, 2.24) is 24.8 Å². The molecule has 2 aliphatic rings. The monoisotopic (exact) mass is 499 g/mol. The predicted octanol–water partition coefficient (Wildman–Crippen LogP) is 5.29. The quantitative estimate of drug-likeness (QED) is 0.380. The van der Waals surface area contributed by atoms with Crippen LogP contribution in [0.4, 0.5) is 23.3 Å². The van der Waals surface area contributed by atoms with E-state index in [2.05, 4.69) is 67.8 Å². The highest BCUT2D eigenvalue weighted by atomic mass is 15.1. The predicted molar refractivity (Wildman–Crippen MR) is 149 cm³/mol. The molecule has 1 aliphatic heterocycles. The molecule has 0 amide bonds. The summed E-state index contributed by atoms with van der Waals surface area (Å²) < 4.78 is 0. The molecule has 4 heterocycles. The van der Waals surface area contributed by atoms with Crippen molar-refractivity contribution in [3.05, 3.63) is 48.4 Å². The average molecular weight is 500 g/mol. The van der Waals surface area contributed by atoms with Gasteiger partial charge in [-0.3, -0.25) is 0 Å². The number of pyridine rings is 2. The van der Waals surface area contributed by atoms with E-state index < -0.39 is 0 Å². The third kappa shape index (κ3) is 8.12. The van der Waals surface area contributed by atoms with Gasteiger partial charge in [0.2, 0.25) is 5.95 Å². The lowest BCUT2D eigenvalue weighted by atomic mass is 10.1. The summed E-state index contributed by atoms with van der Waals surface area (Å²) >= 11 is 0. The van der Waals surface area contributed by atoms with Gasteiger partial charge in [0.05, 0.1) is 23.1 Å². The smallest absolute Gasteiger partial charge is 0.227 e. The van der Waals surface area contributed by atoms with Gasteiger partial charge >= 0.3 is 0 Å². The van der Waals surface area contributed by atoms with Crippen molar-refractivity contribution in [3.8, 4) is 17.3 Å². The van der Waals surface area contributed by atoms with Gasteiger partial charge in [0.25, 0.3) is 0 Å². The lowest BCUT2D eigenvalue weighted by Crippen LogP contribution is -2.36. The van der Waals surface area contributed by atoms with Crippen LogP contribution in [0.25, 0.3) is 11.3 Å². The van der Waals surface area contributed by atoms with E-state index in [0.29, 0.717) is 29.1 Å². The highest BCUT2D eigenvalue weighted by Gasteiger charge is 2.16. The number of hydrogen-bond acceptors (Lipinski definition) is 9. The van der Waals surface area contributed by atoms with Gasteiger partial charge in [-0.25, -0.2) is 19.9 Å². The van der Waals surface area contributed by atoms with Crippen LogP contribution in [-0.4, -0.2) is 57.6 Å². The highest BCUT2D eigenvalue weighted by molar-refractivity contribution is 5.66. The second-order valence-electron chi connectivity index (χ2n) is 9.89. The maximum absolute atomic E-state index is 9.49. The molecule has 1 saturated carbocycles. The van der Waals surface area contributed by atoms with Crippen LogP contribution < -0.4 is 16.0 Å². The average Bonchev–Trinajstić information content (AvgIpc) is 3.72. The van der Waals surface area contributed by atoms with Gasteiger partial charge in [0, 0.05) is 30.5 Å². The Kier molecular flexibility index (Phi) is 9.22. The molecule has 1 aliphatic carbocycles. The molecule has 194 valence electrons. The second kappa shape index (κ2) is 13.0. The van der Waals surface area contributed by atoms with E-state index in [0.717, 1.165) is 61.9 Å². The summed E-state index contributed by atoms with van der Waals surface area (Å²) in [6.07, 6.45) is 11.4. The zero-order chi connectivity index (χ0) is 26.0. The Morgan fingerprint density at radius 1 is 1.05 bits per heavy atom. The van der Waals surface area contributed by atoms with Crippen molar-refractivity contribution in [1.29, 1.82) is 5.26 Å². The number of aromatic nitrogens is 4. The Balaban J connectivity index is 0.000000730. The topological polar surface area (TPSA) is 115 Å². The molecule has 0 atom stereocenters. The number of nitrogens with zero attached hydrogens (tertiary/aromatic N) is 6. The lowest BCUT2D eigenvalue weighted by Gasteiger charge is -2.29. The molecule has 0 spiro atoms. The van der Waals surface area contributed by atoms with Crippen LogP contribution in [0.5, 0.6) is 0 Å². The van der Waals surface area contributed by atoms with E-state index in [1.165, 1.54) is 12.8 Å². The first-order valence-electron chi connectivity index (χ1n) is 13.2.